The van der Waals surface area contributed by atoms with Gasteiger partial charge in [0.2, 0.25) is 5.95 Å². The number of likely N-dealkylation sites (tertiary alicyclic amines) is 1. The maximum Gasteiger partial charge on any atom is 0.204 e. The largest absolute Gasteiger partial charge is 0.353 e. The number of hydrogen-bond acceptors (Lipinski definition) is 4. The topological polar surface area (TPSA) is 59.1 Å². The first kappa shape index (κ1) is 19.4. The molecule has 0 spiro atoms. The predicted octanol–water partition coefficient (Wildman–Crippen LogP) is 3.82. The number of nitrogens with zero attached hydrogens (tertiary/aromatic N) is 3. The van der Waals surface area contributed by atoms with E-state index >= 15 is 0 Å². The van der Waals surface area contributed by atoms with Gasteiger partial charge >= 0.3 is 0 Å². The summed E-state index contributed by atoms with van der Waals surface area (Å²) in [5.74, 6) is 0.628. The number of benzene rings is 2. The molecule has 5 nitrogen and oxygen atoms in total. The molecule has 0 aliphatic carbocycles. The molecular weight excluding hydrogens is 421 g/mol. The van der Waals surface area contributed by atoms with Gasteiger partial charge < -0.3 is 20.5 Å². The zero-order chi connectivity index (χ0) is 19.5. The van der Waals surface area contributed by atoms with Crippen LogP contribution in [-0.4, -0.2) is 46.7 Å². The molecule has 1 aliphatic rings. The van der Waals surface area contributed by atoms with Crippen LogP contribution in [0.3, 0.4) is 0 Å². The minimum atomic E-state index is -0.242. The molecule has 3 aromatic rings. The van der Waals surface area contributed by atoms with Crippen molar-refractivity contribution in [2.45, 2.75) is 25.4 Å². The smallest absolute Gasteiger partial charge is 0.204 e. The van der Waals surface area contributed by atoms with E-state index < -0.39 is 0 Å². The van der Waals surface area contributed by atoms with Gasteiger partial charge in [0.05, 0.1) is 17.6 Å². The lowest BCUT2D eigenvalue weighted by Crippen LogP contribution is -2.41. The number of fused-ring (bicyclic) bond motifs is 1. The second-order valence-corrected chi connectivity index (χ2v) is 8.15. The van der Waals surface area contributed by atoms with Gasteiger partial charge in [0.15, 0.2) is 0 Å². The Morgan fingerprint density at radius 2 is 1.96 bits per heavy atom. The maximum absolute atomic E-state index is 13.5. The minimum absolute atomic E-state index is 0.242. The number of piperidine rings is 1. The Kier molecular flexibility index (Phi) is 5.94. The zero-order valence-electron chi connectivity index (χ0n) is 15.7. The van der Waals surface area contributed by atoms with Crippen molar-refractivity contribution in [2.75, 3.05) is 31.5 Å². The molecule has 0 atom stereocenters. The Morgan fingerprint density at radius 3 is 2.71 bits per heavy atom. The maximum atomic E-state index is 13.5. The van der Waals surface area contributed by atoms with Gasteiger partial charge in [0.1, 0.15) is 5.82 Å². The molecule has 28 heavy (non-hydrogen) atoms. The van der Waals surface area contributed by atoms with E-state index in [4.69, 9.17) is 10.7 Å². The summed E-state index contributed by atoms with van der Waals surface area (Å²) in [4.78, 5) is 7.25. The molecule has 4 rings (SSSR count). The van der Waals surface area contributed by atoms with Crippen LogP contribution in [0.4, 0.5) is 10.3 Å². The highest BCUT2D eigenvalue weighted by Crippen LogP contribution is 2.26. The molecule has 2 aromatic carbocycles. The van der Waals surface area contributed by atoms with Gasteiger partial charge in [0.25, 0.3) is 0 Å². The van der Waals surface area contributed by atoms with Crippen LogP contribution in [0, 0.1) is 5.82 Å². The molecule has 3 N–H and O–H groups in total. The van der Waals surface area contributed by atoms with Crippen LogP contribution in [0.1, 0.15) is 18.4 Å². The first-order chi connectivity index (χ1) is 13.6. The molecule has 1 aliphatic heterocycles. The Hall–Kier alpha value is -1.96. The van der Waals surface area contributed by atoms with Crippen LogP contribution in [-0.2, 0) is 6.54 Å². The fourth-order valence-electron chi connectivity index (χ4n) is 3.83. The van der Waals surface area contributed by atoms with E-state index in [1.807, 2.05) is 24.3 Å². The lowest BCUT2D eigenvalue weighted by Gasteiger charge is -2.32. The number of anilines is 1. The van der Waals surface area contributed by atoms with E-state index in [1.54, 1.807) is 0 Å². The van der Waals surface area contributed by atoms with E-state index in [0.29, 0.717) is 19.1 Å². The highest BCUT2D eigenvalue weighted by Gasteiger charge is 2.21. The summed E-state index contributed by atoms with van der Waals surface area (Å²) in [5.41, 5.74) is 8.73. The highest BCUT2D eigenvalue weighted by molar-refractivity contribution is 9.10. The quantitative estimate of drug-likeness (QED) is 0.605. The molecular formula is C21H25BrFN5. The minimum Gasteiger partial charge on any atom is -0.353 e. The fraction of sp³-hybridized carbons (Fsp3) is 0.381. The molecule has 0 radical (unpaired) electrons. The number of nitrogens with one attached hydrogen (secondary N) is 1. The van der Waals surface area contributed by atoms with E-state index in [2.05, 4.69) is 36.8 Å². The molecule has 0 unspecified atom stereocenters. The SMILES string of the molecule is NCCN1CCC(Nc2nc3ccccc3n2Cc2ccc(F)cc2Br)CC1. The Balaban J connectivity index is 1.59. The van der Waals surface area contributed by atoms with Gasteiger partial charge in [-0.05, 0) is 42.7 Å². The first-order valence-corrected chi connectivity index (χ1v) is 10.5. The van der Waals surface area contributed by atoms with Crippen molar-refractivity contribution in [1.82, 2.24) is 14.5 Å². The summed E-state index contributed by atoms with van der Waals surface area (Å²) >= 11 is 3.49. The molecule has 0 bridgehead atoms. The Morgan fingerprint density at radius 1 is 1.18 bits per heavy atom. The number of halogens is 2. The summed E-state index contributed by atoms with van der Waals surface area (Å²) in [6.07, 6.45) is 2.15. The van der Waals surface area contributed by atoms with Crippen LogP contribution < -0.4 is 11.1 Å². The van der Waals surface area contributed by atoms with Gasteiger partial charge in [-0.25, -0.2) is 9.37 Å². The second-order valence-electron chi connectivity index (χ2n) is 7.29. The van der Waals surface area contributed by atoms with Crippen molar-refractivity contribution in [3.8, 4) is 0 Å². The van der Waals surface area contributed by atoms with Crippen molar-refractivity contribution >= 4 is 32.9 Å². The van der Waals surface area contributed by atoms with Crippen LogP contribution in [0.15, 0.2) is 46.9 Å². The molecule has 1 fully saturated rings. The van der Waals surface area contributed by atoms with Gasteiger partial charge in [-0.3, -0.25) is 0 Å². The van der Waals surface area contributed by atoms with Crippen LogP contribution >= 0.6 is 15.9 Å². The standard InChI is InChI=1S/C21H25BrFN5/c22-18-13-16(23)6-5-15(18)14-28-20-4-2-1-3-19(20)26-21(28)25-17-7-10-27(11-8-17)12-9-24/h1-6,13,17H,7-12,14,24H2,(H,25,26). The van der Waals surface area contributed by atoms with E-state index in [1.165, 1.54) is 12.1 Å². The summed E-state index contributed by atoms with van der Waals surface area (Å²) in [7, 11) is 0. The van der Waals surface area contributed by atoms with Crippen LogP contribution in [0.2, 0.25) is 0 Å². The predicted molar refractivity (Wildman–Crippen MR) is 115 cm³/mol. The van der Waals surface area contributed by atoms with Crippen LogP contribution in [0.5, 0.6) is 0 Å². The van der Waals surface area contributed by atoms with Gasteiger partial charge in [0, 0.05) is 36.7 Å². The molecule has 148 valence electrons. The van der Waals surface area contributed by atoms with Crippen molar-refractivity contribution in [1.29, 1.82) is 0 Å². The number of para-hydroxylation sites is 2. The third-order valence-electron chi connectivity index (χ3n) is 5.36. The lowest BCUT2D eigenvalue weighted by atomic mass is 10.1. The normalized spacial score (nSPS) is 16.0. The van der Waals surface area contributed by atoms with E-state index in [-0.39, 0.29) is 5.82 Å². The van der Waals surface area contributed by atoms with Gasteiger partial charge in [-0.2, -0.15) is 0 Å². The fourth-order valence-corrected chi connectivity index (χ4v) is 4.31. The monoisotopic (exact) mass is 445 g/mol. The molecule has 1 aromatic heterocycles. The van der Waals surface area contributed by atoms with Crippen LogP contribution in [0.25, 0.3) is 11.0 Å². The number of rotatable bonds is 6. The third kappa shape index (κ3) is 4.21. The molecule has 0 saturated carbocycles. The highest BCUT2D eigenvalue weighted by atomic mass is 79.9. The van der Waals surface area contributed by atoms with Gasteiger partial charge in [-0.15, -0.1) is 0 Å². The Bertz CT molecular complexity index is 949. The molecule has 2 heterocycles. The van der Waals surface area contributed by atoms with E-state index in [9.17, 15) is 4.39 Å². The number of nitrogens with two attached hydrogens (primary N) is 1. The third-order valence-corrected chi connectivity index (χ3v) is 6.10. The van der Waals surface area contributed by atoms with Gasteiger partial charge in [-0.1, -0.05) is 34.1 Å². The average Bonchev–Trinajstić information content (AvgIpc) is 3.03. The number of aromatic nitrogens is 2. The summed E-state index contributed by atoms with van der Waals surface area (Å²) in [6.45, 7) is 4.40. The number of imidazole rings is 1. The summed E-state index contributed by atoms with van der Waals surface area (Å²) in [5, 5.41) is 3.66. The van der Waals surface area contributed by atoms with Crippen molar-refractivity contribution in [3.05, 3.63) is 58.3 Å². The number of hydrogen-bond donors (Lipinski definition) is 2. The summed E-state index contributed by atoms with van der Waals surface area (Å²) < 4.78 is 16.4. The average molecular weight is 446 g/mol. The van der Waals surface area contributed by atoms with Crippen molar-refractivity contribution in [3.63, 3.8) is 0 Å². The first-order valence-electron chi connectivity index (χ1n) is 9.72. The molecule has 1 saturated heterocycles. The Labute approximate surface area is 172 Å². The summed E-state index contributed by atoms with van der Waals surface area (Å²) in [6, 6.07) is 13.4. The lowest BCUT2D eigenvalue weighted by molar-refractivity contribution is 0.224. The van der Waals surface area contributed by atoms with Crippen molar-refractivity contribution < 1.29 is 4.39 Å². The zero-order valence-corrected chi connectivity index (χ0v) is 17.3. The van der Waals surface area contributed by atoms with E-state index in [0.717, 1.165) is 59.5 Å². The molecule has 0 amide bonds. The molecule has 7 heteroatoms. The second kappa shape index (κ2) is 8.59. The van der Waals surface area contributed by atoms with Crippen molar-refractivity contribution in [2.24, 2.45) is 5.73 Å².